The maximum Gasteiger partial charge on any atom is 0.263 e. The summed E-state index contributed by atoms with van der Waals surface area (Å²) >= 11 is 1.43. The van der Waals surface area contributed by atoms with E-state index in [1.54, 1.807) is 18.2 Å². The summed E-state index contributed by atoms with van der Waals surface area (Å²) < 4.78 is 32.7. The number of anilines is 1. The van der Waals surface area contributed by atoms with Crippen molar-refractivity contribution in [1.82, 2.24) is 9.97 Å². The molecule has 0 amide bonds. The second-order valence-corrected chi connectivity index (χ2v) is 6.95. The molecule has 0 aliphatic carbocycles. The third-order valence-corrected chi connectivity index (χ3v) is 5.11. The van der Waals surface area contributed by atoms with E-state index in [4.69, 9.17) is 4.74 Å². The zero-order chi connectivity index (χ0) is 15.6. The van der Waals surface area contributed by atoms with Crippen LogP contribution in [0, 0.1) is 0 Å². The lowest BCUT2D eigenvalue weighted by molar-refractivity contribution is 0.340. The van der Waals surface area contributed by atoms with E-state index in [1.807, 2.05) is 12.3 Å². The Morgan fingerprint density at radius 2 is 1.95 bits per heavy atom. The standard InChI is InChI=1S/C14H13N3O3S2/c1-2-20-10-3-5-11(6-4-10)22(18,19)17-13-12-7-8-21-14(12)16-9-15-13/h3-9H,2H2,1H3,(H,15,16,17). The summed E-state index contributed by atoms with van der Waals surface area (Å²) in [6, 6.07) is 8.03. The van der Waals surface area contributed by atoms with Crippen molar-refractivity contribution < 1.29 is 13.2 Å². The van der Waals surface area contributed by atoms with Gasteiger partial charge in [0.1, 0.15) is 16.9 Å². The first-order valence-corrected chi connectivity index (χ1v) is 8.90. The molecule has 2 heterocycles. The number of aromatic nitrogens is 2. The smallest absolute Gasteiger partial charge is 0.263 e. The number of fused-ring (bicyclic) bond motifs is 1. The van der Waals surface area contributed by atoms with E-state index in [2.05, 4.69) is 14.7 Å². The number of nitrogens with one attached hydrogen (secondary N) is 1. The zero-order valence-electron chi connectivity index (χ0n) is 11.7. The molecule has 3 aromatic rings. The molecule has 0 unspecified atom stereocenters. The van der Waals surface area contributed by atoms with Crippen molar-refractivity contribution in [3.05, 3.63) is 42.0 Å². The van der Waals surface area contributed by atoms with Gasteiger partial charge in [0.25, 0.3) is 10.0 Å². The average molecular weight is 335 g/mol. The maximum atomic E-state index is 12.4. The van der Waals surface area contributed by atoms with E-state index < -0.39 is 10.0 Å². The van der Waals surface area contributed by atoms with Crippen LogP contribution in [0.4, 0.5) is 5.82 Å². The van der Waals surface area contributed by atoms with Crippen LogP contribution in [0.1, 0.15) is 6.92 Å². The SMILES string of the molecule is CCOc1ccc(S(=O)(=O)Nc2ncnc3sccc23)cc1. The largest absolute Gasteiger partial charge is 0.494 e. The topological polar surface area (TPSA) is 81.2 Å². The van der Waals surface area contributed by atoms with Gasteiger partial charge in [0.15, 0.2) is 5.82 Å². The number of sulfonamides is 1. The van der Waals surface area contributed by atoms with E-state index in [0.717, 1.165) is 4.83 Å². The van der Waals surface area contributed by atoms with Crippen LogP contribution in [-0.4, -0.2) is 25.0 Å². The highest BCUT2D eigenvalue weighted by Crippen LogP contribution is 2.26. The Labute approximate surface area is 131 Å². The molecule has 22 heavy (non-hydrogen) atoms. The maximum absolute atomic E-state index is 12.4. The van der Waals surface area contributed by atoms with E-state index in [-0.39, 0.29) is 10.7 Å². The number of ether oxygens (including phenoxy) is 1. The summed E-state index contributed by atoms with van der Waals surface area (Å²) in [5.74, 6) is 0.906. The fourth-order valence-corrected chi connectivity index (χ4v) is 3.70. The van der Waals surface area contributed by atoms with Crippen LogP contribution in [-0.2, 0) is 10.0 Å². The first kappa shape index (κ1) is 14.7. The van der Waals surface area contributed by atoms with Crippen LogP contribution >= 0.6 is 11.3 Å². The van der Waals surface area contributed by atoms with Gasteiger partial charge in [0.05, 0.1) is 16.9 Å². The van der Waals surface area contributed by atoms with Crippen LogP contribution < -0.4 is 9.46 Å². The molecule has 0 radical (unpaired) electrons. The predicted molar refractivity (Wildman–Crippen MR) is 85.8 cm³/mol. The Morgan fingerprint density at radius 1 is 1.18 bits per heavy atom. The second-order valence-electron chi connectivity index (χ2n) is 4.37. The molecule has 3 rings (SSSR count). The molecule has 1 aromatic carbocycles. The molecule has 0 aliphatic rings. The van der Waals surface area contributed by atoms with Gasteiger partial charge in [-0.1, -0.05) is 0 Å². The van der Waals surface area contributed by atoms with Crippen molar-refractivity contribution in [2.24, 2.45) is 0 Å². The Hall–Kier alpha value is -2.19. The van der Waals surface area contributed by atoms with Gasteiger partial charge < -0.3 is 4.74 Å². The Morgan fingerprint density at radius 3 is 2.68 bits per heavy atom. The molecular weight excluding hydrogens is 322 g/mol. The molecule has 0 saturated carbocycles. The van der Waals surface area contributed by atoms with E-state index in [0.29, 0.717) is 17.7 Å². The Bertz CT molecular complexity index is 889. The van der Waals surface area contributed by atoms with Gasteiger partial charge in [-0.3, -0.25) is 4.72 Å². The van der Waals surface area contributed by atoms with Crippen LogP contribution in [0.25, 0.3) is 10.2 Å². The fraction of sp³-hybridized carbons (Fsp3) is 0.143. The van der Waals surface area contributed by atoms with Gasteiger partial charge in [-0.2, -0.15) is 0 Å². The van der Waals surface area contributed by atoms with Gasteiger partial charge in [0, 0.05) is 0 Å². The van der Waals surface area contributed by atoms with E-state index >= 15 is 0 Å². The minimum absolute atomic E-state index is 0.151. The van der Waals surface area contributed by atoms with Gasteiger partial charge in [0.2, 0.25) is 0 Å². The summed E-state index contributed by atoms with van der Waals surface area (Å²) in [6.07, 6.45) is 1.34. The minimum Gasteiger partial charge on any atom is -0.494 e. The first-order valence-electron chi connectivity index (χ1n) is 6.54. The van der Waals surface area contributed by atoms with Crippen molar-refractivity contribution in [3.63, 3.8) is 0 Å². The Balaban J connectivity index is 1.91. The third-order valence-electron chi connectivity index (χ3n) is 2.94. The summed E-state index contributed by atoms with van der Waals surface area (Å²) in [5, 5.41) is 2.52. The number of benzene rings is 1. The molecule has 6 nitrogen and oxygen atoms in total. The third kappa shape index (κ3) is 2.88. The number of hydrogen-bond acceptors (Lipinski definition) is 6. The number of nitrogens with zero attached hydrogens (tertiary/aromatic N) is 2. The van der Waals surface area contributed by atoms with Crippen molar-refractivity contribution in [2.45, 2.75) is 11.8 Å². The number of rotatable bonds is 5. The van der Waals surface area contributed by atoms with Gasteiger partial charge in [-0.05, 0) is 42.6 Å². The summed E-state index contributed by atoms with van der Waals surface area (Å²) in [4.78, 5) is 9.00. The van der Waals surface area contributed by atoms with Crippen molar-refractivity contribution in [3.8, 4) is 5.75 Å². The molecule has 0 fully saturated rings. The highest BCUT2D eigenvalue weighted by molar-refractivity contribution is 7.92. The van der Waals surface area contributed by atoms with Crippen LogP contribution in [0.3, 0.4) is 0 Å². The van der Waals surface area contributed by atoms with E-state index in [9.17, 15) is 8.42 Å². The lowest BCUT2D eigenvalue weighted by Crippen LogP contribution is -2.14. The second kappa shape index (κ2) is 5.90. The lowest BCUT2D eigenvalue weighted by Gasteiger charge is -2.09. The minimum atomic E-state index is -3.71. The molecule has 114 valence electrons. The van der Waals surface area contributed by atoms with Crippen molar-refractivity contribution in [2.75, 3.05) is 11.3 Å². The van der Waals surface area contributed by atoms with Gasteiger partial charge in [-0.25, -0.2) is 18.4 Å². The highest BCUT2D eigenvalue weighted by atomic mass is 32.2. The van der Waals surface area contributed by atoms with Crippen LogP contribution in [0.5, 0.6) is 5.75 Å². The van der Waals surface area contributed by atoms with Gasteiger partial charge >= 0.3 is 0 Å². The predicted octanol–water partition coefficient (Wildman–Crippen LogP) is 2.89. The quantitative estimate of drug-likeness (QED) is 0.775. The molecule has 8 heteroatoms. The average Bonchev–Trinajstić information content (AvgIpc) is 2.97. The molecule has 0 atom stereocenters. The van der Waals surface area contributed by atoms with Crippen molar-refractivity contribution in [1.29, 1.82) is 0 Å². The summed E-state index contributed by atoms with van der Waals surface area (Å²) in [7, 11) is -3.71. The van der Waals surface area contributed by atoms with Crippen LogP contribution in [0.2, 0.25) is 0 Å². The monoisotopic (exact) mass is 335 g/mol. The number of hydrogen-bond donors (Lipinski definition) is 1. The first-order chi connectivity index (χ1) is 10.6. The highest BCUT2D eigenvalue weighted by Gasteiger charge is 2.17. The summed E-state index contributed by atoms with van der Waals surface area (Å²) in [6.45, 7) is 2.40. The molecule has 2 aromatic heterocycles. The van der Waals surface area contributed by atoms with Gasteiger partial charge in [-0.15, -0.1) is 11.3 Å². The molecule has 0 bridgehead atoms. The van der Waals surface area contributed by atoms with Crippen LogP contribution in [0.15, 0.2) is 46.9 Å². The number of thiophene rings is 1. The molecule has 0 spiro atoms. The normalized spacial score (nSPS) is 11.5. The zero-order valence-corrected chi connectivity index (χ0v) is 13.3. The Kier molecular flexibility index (Phi) is 3.95. The molecule has 0 aliphatic heterocycles. The van der Waals surface area contributed by atoms with E-state index in [1.165, 1.54) is 29.8 Å². The molecule has 1 N–H and O–H groups in total. The molecular formula is C14H13N3O3S2. The fourth-order valence-electron chi connectivity index (χ4n) is 1.94. The molecule has 0 saturated heterocycles. The van der Waals surface area contributed by atoms with Crippen molar-refractivity contribution >= 4 is 37.4 Å². The lowest BCUT2D eigenvalue weighted by atomic mass is 10.3. The summed E-state index contributed by atoms with van der Waals surface area (Å²) in [5.41, 5.74) is 0.